The summed E-state index contributed by atoms with van der Waals surface area (Å²) in [4.78, 5) is 40.0. The van der Waals surface area contributed by atoms with Crippen molar-refractivity contribution >= 4 is 29.4 Å². The van der Waals surface area contributed by atoms with Crippen LogP contribution in [0.5, 0.6) is 0 Å². The predicted octanol–water partition coefficient (Wildman–Crippen LogP) is 4.40. The van der Waals surface area contributed by atoms with Crippen LogP contribution in [0, 0.1) is 12.8 Å². The first-order valence-corrected chi connectivity index (χ1v) is 14.3. The highest BCUT2D eigenvalue weighted by Gasteiger charge is 2.31. The Bertz CT molecular complexity index is 1350. The molecule has 9 heteroatoms. The summed E-state index contributed by atoms with van der Waals surface area (Å²) in [5.41, 5.74) is 4.82. The smallest absolute Gasteiger partial charge is 0.257 e. The van der Waals surface area contributed by atoms with Crippen LogP contribution in [0.2, 0.25) is 5.02 Å². The summed E-state index contributed by atoms with van der Waals surface area (Å²) in [5.74, 6) is -0.0808. The highest BCUT2D eigenvalue weighted by molar-refractivity contribution is 6.30. The van der Waals surface area contributed by atoms with Gasteiger partial charge in [0.1, 0.15) is 0 Å². The second-order valence-corrected chi connectivity index (χ2v) is 10.9. The molecule has 2 amide bonds. The number of hydrogen-bond acceptors (Lipinski definition) is 6. The standard InChI is InChI=1S/C31H36ClN5O3/c1-21-6-3-4-7-22(21)11-14-27-26(30(39)36-16-17-40-20-24(19-36)29(38)33-2)18-34-31(35-27)37-15-5-8-28(37)23-9-12-25(32)13-10-23/h3-4,6-7,9-10,12-13,18,24,28H,5,8,11,14-17,19-20H2,1-2H3,(H,33,38)/t24-,28+/m0/s1. The Labute approximate surface area is 240 Å². The van der Waals surface area contributed by atoms with E-state index in [1.54, 1.807) is 18.1 Å². The third-order valence-electron chi connectivity index (χ3n) is 7.91. The minimum absolute atomic E-state index is 0.131. The number of aryl methyl sites for hydroxylation is 3. The first-order valence-electron chi connectivity index (χ1n) is 14.0. The molecule has 1 aromatic heterocycles. The fourth-order valence-corrected chi connectivity index (χ4v) is 5.75. The van der Waals surface area contributed by atoms with Gasteiger partial charge in [-0.15, -0.1) is 0 Å². The van der Waals surface area contributed by atoms with Crippen molar-refractivity contribution in [2.75, 3.05) is 44.8 Å². The van der Waals surface area contributed by atoms with Crippen LogP contribution in [0.1, 0.15) is 51.6 Å². The number of carbonyl (C=O) groups is 2. The zero-order valence-corrected chi connectivity index (χ0v) is 23.9. The molecule has 0 radical (unpaired) electrons. The molecule has 8 nitrogen and oxygen atoms in total. The van der Waals surface area contributed by atoms with Crippen molar-refractivity contribution in [2.45, 2.75) is 38.6 Å². The fraction of sp³-hybridized carbons (Fsp3) is 0.419. The quantitative estimate of drug-likeness (QED) is 0.460. The zero-order valence-electron chi connectivity index (χ0n) is 23.1. The summed E-state index contributed by atoms with van der Waals surface area (Å²) in [7, 11) is 1.60. The van der Waals surface area contributed by atoms with E-state index in [1.807, 2.05) is 24.3 Å². The van der Waals surface area contributed by atoms with Gasteiger partial charge in [0.2, 0.25) is 11.9 Å². The van der Waals surface area contributed by atoms with Gasteiger partial charge in [0, 0.05) is 37.9 Å². The van der Waals surface area contributed by atoms with Gasteiger partial charge in [-0.05, 0) is 61.4 Å². The first-order chi connectivity index (χ1) is 19.4. The van der Waals surface area contributed by atoms with E-state index in [4.69, 9.17) is 26.3 Å². The van der Waals surface area contributed by atoms with Crippen molar-refractivity contribution < 1.29 is 14.3 Å². The molecule has 2 atom stereocenters. The van der Waals surface area contributed by atoms with Gasteiger partial charge in [-0.25, -0.2) is 9.97 Å². The lowest BCUT2D eigenvalue weighted by Gasteiger charge is -2.27. The van der Waals surface area contributed by atoms with Crippen LogP contribution in [-0.4, -0.2) is 66.6 Å². The molecule has 2 aliphatic heterocycles. The summed E-state index contributed by atoms with van der Waals surface area (Å²) in [5, 5.41) is 3.39. The van der Waals surface area contributed by atoms with Crippen LogP contribution >= 0.6 is 11.6 Å². The average molecular weight is 562 g/mol. The number of benzene rings is 2. The number of nitrogens with one attached hydrogen (secondary N) is 1. The van der Waals surface area contributed by atoms with Gasteiger partial charge in [-0.2, -0.15) is 0 Å². The number of carbonyl (C=O) groups excluding carboxylic acids is 2. The van der Waals surface area contributed by atoms with Crippen LogP contribution in [0.15, 0.2) is 54.7 Å². The van der Waals surface area contributed by atoms with Crippen LogP contribution < -0.4 is 10.2 Å². The van der Waals surface area contributed by atoms with Crippen LogP contribution in [0.4, 0.5) is 5.95 Å². The van der Waals surface area contributed by atoms with Crippen molar-refractivity contribution in [2.24, 2.45) is 5.92 Å². The summed E-state index contributed by atoms with van der Waals surface area (Å²) >= 11 is 6.14. The number of nitrogens with zero attached hydrogens (tertiary/aromatic N) is 4. The summed E-state index contributed by atoms with van der Waals surface area (Å²) < 4.78 is 5.64. The molecule has 0 spiro atoms. The SMILES string of the molecule is CNC(=O)[C@@H]1COCCN(C(=O)c2cnc(N3CCC[C@@H]3c3ccc(Cl)cc3)nc2CCc2ccccc2C)C1. The molecule has 210 valence electrons. The number of anilines is 1. The number of aromatic nitrogens is 2. The Morgan fingerprint density at radius 3 is 2.67 bits per heavy atom. The minimum atomic E-state index is -0.420. The van der Waals surface area contributed by atoms with Crippen molar-refractivity contribution in [3.8, 4) is 0 Å². The second-order valence-electron chi connectivity index (χ2n) is 10.5. The zero-order chi connectivity index (χ0) is 28.1. The Morgan fingerprint density at radius 1 is 1.10 bits per heavy atom. The van der Waals surface area contributed by atoms with E-state index < -0.39 is 5.92 Å². The van der Waals surface area contributed by atoms with Gasteiger partial charge < -0.3 is 19.9 Å². The Kier molecular flexibility index (Phi) is 8.97. The van der Waals surface area contributed by atoms with Crippen LogP contribution in [-0.2, 0) is 22.4 Å². The maximum atomic E-state index is 13.9. The average Bonchev–Trinajstić information content (AvgIpc) is 3.33. The minimum Gasteiger partial charge on any atom is -0.379 e. The lowest BCUT2D eigenvalue weighted by atomic mass is 10.0. The summed E-state index contributed by atoms with van der Waals surface area (Å²) in [6, 6.07) is 16.4. The molecule has 0 saturated carbocycles. The largest absolute Gasteiger partial charge is 0.379 e. The lowest BCUT2D eigenvalue weighted by molar-refractivity contribution is -0.126. The van der Waals surface area contributed by atoms with E-state index in [-0.39, 0.29) is 17.9 Å². The third-order valence-corrected chi connectivity index (χ3v) is 8.16. The molecular weight excluding hydrogens is 526 g/mol. The van der Waals surface area contributed by atoms with Crippen molar-refractivity contribution in [3.05, 3.63) is 87.7 Å². The van der Waals surface area contributed by atoms with Gasteiger partial charge in [-0.1, -0.05) is 48.0 Å². The molecule has 2 fully saturated rings. The van der Waals surface area contributed by atoms with E-state index in [0.29, 0.717) is 49.3 Å². The molecule has 40 heavy (non-hydrogen) atoms. The van der Waals surface area contributed by atoms with Gasteiger partial charge in [0.05, 0.1) is 36.4 Å². The van der Waals surface area contributed by atoms with E-state index in [2.05, 4.69) is 41.4 Å². The van der Waals surface area contributed by atoms with Crippen molar-refractivity contribution in [1.29, 1.82) is 0 Å². The maximum absolute atomic E-state index is 13.9. The van der Waals surface area contributed by atoms with Crippen LogP contribution in [0.25, 0.3) is 0 Å². The molecule has 0 aliphatic carbocycles. The van der Waals surface area contributed by atoms with Gasteiger partial charge in [0.15, 0.2) is 0 Å². The van der Waals surface area contributed by atoms with Gasteiger partial charge >= 0.3 is 0 Å². The number of halogens is 1. The van der Waals surface area contributed by atoms with E-state index >= 15 is 0 Å². The molecule has 3 aromatic rings. The number of amides is 2. The van der Waals surface area contributed by atoms with Crippen molar-refractivity contribution in [1.82, 2.24) is 20.2 Å². The van der Waals surface area contributed by atoms with E-state index in [1.165, 1.54) is 16.7 Å². The molecule has 5 rings (SSSR count). The van der Waals surface area contributed by atoms with Crippen LogP contribution in [0.3, 0.4) is 0 Å². The monoisotopic (exact) mass is 561 g/mol. The maximum Gasteiger partial charge on any atom is 0.257 e. The molecular formula is C31H36ClN5O3. The normalized spacial score (nSPS) is 19.4. The predicted molar refractivity (Wildman–Crippen MR) is 156 cm³/mol. The molecule has 2 aliphatic rings. The van der Waals surface area contributed by atoms with Crippen molar-refractivity contribution in [3.63, 3.8) is 0 Å². The highest BCUT2D eigenvalue weighted by atomic mass is 35.5. The fourth-order valence-electron chi connectivity index (χ4n) is 5.62. The third kappa shape index (κ3) is 6.29. The number of hydrogen-bond donors (Lipinski definition) is 1. The molecule has 3 heterocycles. The molecule has 0 unspecified atom stereocenters. The number of ether oxygens (including phenoxy) is 1. The first kappa shape index (κ1) is 28.1. The van der Waals surface area contributed by atoms with Gasteiger partial charge in [-0.3, -0.25) is 9.59 Å². The second kappa shape index (κ2) is 12.8. The Balaban J connectivity index is 1.46. The van der Waals surface area contributed by atoms with E-state index in [0.717, 1.165) is 31.5 Å². The molecule has 2 aromatic carbocycles. The van der Waals surface area contributed by atoms with Gasteiger partial charge in [0.25, 0.3) is 5.91 Å². The van der Waals surface area contributed by atoms with E-state index in [9.17, 15) is 9.59 Å². The Hall–Kier alpha value is -3.49. The lowest BCUT2D eigenvalue weighted by Crippen LogP contribution is -2.41. The summed E-state index contributed by atoms with van der Waals surface area (Å²) in [6.07, 6.45) is 5.07. The molecule has 2 saturated heterocycles. The molecule has 1 N–H and O–H groups in total. The molecule has 0 bridgehead atoms. The number of rotatable bonds is 7. The Morgan fingerprint density at radius 2 is 1.90 bits per heavy atom. The summed E-state index contributed by atoms with van der Waals surface area (Å²) in [6.45, 7) is 4.32. The highest BCUT2D eigenvalue weighted by Crippen LogP contribution is 2.35. The topological polar surface area (TPSA) is 87.7 Å².